The molecule has 4 nitrogen and oxygen atoms in total. The molecule has 0 radical (unpaired) electrons. The normalized spacial score (nSPS) is 10.6. The van der Waals surface area contributed by atoms with Crippen molar-refractivity contribution in [1.29, 1.82) is 0 Å². The molecule has 4 aromatic rings. The van der Waals surface area contributed by atoms with Gasteiger partial charge in [-0.25, -0.2) is 4.98 Å². The van der Waals surface area contributed by atoms with Crippen molar-refractivity contribution < 1.29 is 9.59 Å². The van der Waals surface area contributed by atoms with Crippen LogP contribution in [0.25, 0.3) is 10.2 Å². The number of anilines is 1. The maximum absolute atomic E-state index is 12.8. The summed E-state index contributed by atoms with van der Waals surface area (Å²) in [4.78, 5) is 29.9. The number of nitrogens with one attached hydrogen (secondary N) is 1. The fourth-order valence-corrected chi connectivity index (χ4v) is 3.58. The van der Waals surface area contributed by atoms with Gasteiger partial charge in [0, 0.05) is 11.1 Å². The Kier molecular flexibility index (Phi) is 4.29. The van der Waals surface area contributed by atoms with E-state index in [1.54, 1.807) is 48.5 Å². The number of carbonyl (C=O) groups is 2. The Balaban J connectivity index is 1.65. The smallest absolute Gasteiger partial charge is 0.258 e. The summed E-state index contributed by atoms with van der Waals surface area (Å²) < 4.78 is 0.997. The second kappa shape index (κ2) is 6.90. The van der Waals surface area contributed by atoms with Gasteiger partial charge in [0.05, 0.1) is 15.8 Å². The van der Waals surface area contributed by atoms with Gasteiger partial charge in [-0.2, -0.15) is 0 Å². The Labute approximate surface area is 154 Å². The van der Waals surface area contributed by atoms with Crippen LogP contribution in [0.3, 0.4) is 0 Å². The van der Waals surface area contributed by atoms with Crippen LogP contribution in [0, 0.1) is 0 Å². The van der Waals surface area contributed by atoms with Crippen molar-refractivity contribution in [3.8, 4) is 0 Å². The van der Waals surface area contributed by atoms with Gasteiger partial charge in [-0.05, 0) is 18.2 Å². The van der Waals surface area contributed by atoms with E-state index in [-0.39, 0.29) is 11.7 Å². The number of amides is 1. The third-order valence-corrected chi connectivity index (χ3v) is 4.92. The van der Waals surface area contributed by atoms with Gasteiger partial charge in [0.1, 0.15) is 0 Å². The van der Waals surface area contributed by atoms with Gasteiger partial charge < -0.3 is 0 Å². The average molecular weight is 358 g/mol. The second-order valence-electron chi connectivity index (χ2n) is 5.68. The lowest BCUT2D eigenvalue weighted by atomic mass is 9.98. The summed E-state index contributed by atoms with van der Waals surface area (Å²) in [5, 5.41) is 3.32. The maximum atomic E-state index is 12.8. The Bertz CT molecular complexity index is 1070. The highest BCUT2D eigenvalue weighted by atomic mass is 32.1. The second-order valence-corrected chi connectivity index (χ2v) is 6.71. The molecular formula is C21H14N2O2S. The Morgan fingerprint density at radius 2 is 1.42 bits per heavy atom. The molecule has 3 aromatic carbocycles. The summed E-state index contributed by atoms with van der Waals surface area (Å²) >= 11 is 1.40. The van der Waals surface area contributed by atoms with E-state index in [4.69, 9.17) is 0 Å². The highest BCUT2D eigenvalue weighted by Crippen LogP contribution is 2.26. The highest BCUT2D eigenvalue weighted by molar-refractivity contribution is 7.22. The van der Waals surface area contributed by atoms with Gasteiger partial charge >= 0.3 is 0 Å². The number of aromatic nitrogens is 1. The van der Waals surface area contributed by atoms with Crippen molar-refractivity contribution in [3.63, 3.8) is 0 Å². The van der Waals surface area contributed by atoms with Gasteiger partial charge in [0.25, 0.3) is 5.91 Å². The van der Waals surface area contributed by atoms with Crippen molar-refractivity contribution in [3.05, 3.63) is 95.6 Å². The third kappa shape index (κ3) is 3.12. The van der Waals surface area contributed by atoms with Crippen molar-refractivity contribution in [2.75, 3.05) is 5.32 Å². The Morgan fingerprint density at radius 3 is 2.19 bits per heavy atom. The molecule has 0 fully saturated rings. The first-order valence-electron chi connectivity index (χ1n) is 8.08. The molecule has 1 amide bonds. The largest absolute Gasteiger partial charge is 0.298 e. The maximum Gasteiger partial charge on any atom is 0.258 e. The number of nitrogens with zero attached hydrogens (tertiary/aromatic N) is 1. The lowest BCUT2D eigenvalue weighted by Crippen LogP contribution is -2.16. The molecule has 0 unspecified atom stereocenters. The van der Waals surface area contributed by atoms with E-state index in [2.05, 4.69) is 10.3 Å². The predicted octanol–water partition coefficient (Wildman–Crippen LogP) is 4.78. The van der Waals surface area contributed by atoms with E-state index in [1.807, 2.05) is 30.3 Å². The number of hydrogen-bond donors (Lipinski definition) is 1. The molecule has 1 aromatic heterocycles. The molecule has 126 valence electrons. The molecule has 1 heterocycles. The summed E-state index contributed by atoms with van der Waals surface area (Å²) in [7, 11) is 0. The Morgan fingerprint density at radius 1 is 0.769 bits per heavy atom. The fourth-order valence-electron chi connectivity index (χ4n) is 2.71. The molecule has 4 rings (SSSR count). The molecule has 0 bridgehead atoms. The van der Waals surface area contributed by atoms with Crippen LogP contribution in [0.15, 0.2) is 78.9 Å². The van der Waals surface area contributed by atoms with Crippen molar-refractivity contribution in [2.24, 2.45) is 0 Å². The molecule has 5 heteroatoms. The van der Waals surface area contributed by atoms with E-state index in [9.17, 15) is 9.59 Å². The monoisotopic (exact) mass is 358 g/mol. The summed E-state index contributed by atoms with van der Waals surface area (Å²) in [5.41, 5.74) is 2.09. The minimum absolute atomic E-state index is 0.180. The van der Waals surface area contributed by atoms with Gasteiger partial charge in [0.2, 0.25) is 0 Å². The number of thiazole rings is 1. The molecule has 1 N–H and O–H groups in total. The number of hydrogen-bond acceptors (Lipinski definition) is 4. The molecule has 0 saturated carbocycles. The van der Waals surface area contributed by atoms with Crippen LogP contribution in [0.1, 0.15) is 26.3 Å². The standard InChI is InChI=1S/C21H14N2O2S/c24-19(14-8-2-1-3-9-14)15-10-4-5-11-16(15)20(25)23-21-22-17-12-6-7-13-18(17)26-21/h1-13H,(H,22,23,25). The lowest BCUT2D eigenvalue weighted by Gasteiger charge is -2.08. The lowest BCUT2D eigenvalue weighted by molar-refractivity contribution is 0.0996. The van der Waals surface area contributed by atoms with Crippen LogP contribution < -0.4 is 5.32 Å². The van der Waals surface area contributed by atoms with Crippen molar-refractivity contribution in [1.82, 2.24) is 4.98 Å². The summed E-state index contributed by atoms with van der Waals surface area (Å²) in [6.45, 7) is 0. The third-order valence-electron chi connectivity index (χ3n) is 3.97. The molecule has 26 heavy (non-hydrogen) atoms. The average Bonchev–Trinajstić information content (AvgIpc) is 3.10. The topological polar surface area (TPSA) is 59.1 Å². The summed E-state index contributed by atoms with van der Waals surface area (Å²) in [6.07, 6.45) is 0. The summed E-state index contributed by atoms with van der Waals surface area (Å²) in [5.74, 6) is -0.524. The number of rotatable bonds is 4. The molecule has 0 spiro atoms. The molecule has 0 aliphatic rings. The molecule has 0 saturated heterocycles. The zero-order valence-corrected chi connectivity index (χ0v) is 14.5. The zero-order valence-electron chi connectivity index (χ0n) is 13.7. The quantitative estimate of drug-likeness (QED) is 0.534. The first kappa shape index (κ1) is 16.2. The number of fused-ring (bicyclic) bond motifs is 1. The fraction of sp³-hybridized carbons (Fsp3) is 0. The van der Waals surface area contributed by atoms with Gasteiger partial charge in [-0.3, -0.25) is 14.9 Å². The number of ketones is 1. The van der Waals surface area contributed by atoms with Crippen LogP contribution in [0.4, 0.5) is 5.13 Å². The van der Waals surface area contributed by atoms with E-state index in [0.29, 0.717) is 21.8 Å². The first-order chi connectivity index (χ1) is 12.7. The van der Waals surface area contributed by atoms with E-state index in [0.717, 1.165) is 10.2 Å². The van der Waals surface area contributed by atoms with E-state index in [1.165, 1.54) is 11.3 Å². The van der Waals surface area contributed by atoms with Crippen molar-refractivity contribution in [2.45, 2.75) is 0 Å². The van der Waals surface area contributed by atoms with Gasteiger partial charge in [-0.15, -0.1) is 0 Å². The predicted molar refractivity (Wildman–Crippen MR) is 104 cm³/mol. The zero-order chi connectivity index (χ0) is 17.9. The first-order valence-corrected chi connectivity index (χ1v) is 8.90. The van der Waals surface area contributed by atoms with Crippen molar-refractivity contribution >= 4 is 38.4 Å². The minimum Gasteiger partial charge on any atom is -0.298 e. The number of carbonyl (C=O) groups excluding carboxylic acids is 2. The van der Waals surface area contributed by atoms with Gasteiger partial charge in [-0.1, -0.05) is 72.0 Å². The van der Waals surface area contributed by atoms with Crippen LogP contribution in [0.2, 0.25) is 0 Å². The minimum atomic E-state index is -0.344. The highest BCUT2D eigenvalue weighted by Gasteiger charge is 2.18. The summed E-state index contributed by atoms with van der Waals surface area (Å²) in [6, 6.07) is 23.4. The van der Waals surface area contributed by atoms with Crippen LogP contribution in [-0.4, -0.2) is 16.7 Å². The number of para-hydroxylation sites is 1. The number of benzene rings is 3. The SMILES string of the molecule is O=C(Nc1nc2ccccc2s1)c1ccccc1C(=O)c1ccccc1. The van der Waals surface area contributed by atoms with Crippen LogP contribution >= 0.6 is 11.3 Å². The Hall–Kier alpha value is -3.31. The molecule has 0 atom stereocenters. The van der Waals surface area contributed by atoms with Gasteiger partial charge in [0.15, 0.2) is 10.9 Å². The molecular weight excluding hydrogens is 344 g/mol. The van der Waals surface area contributed by atoms with E-state index < -0.39 is 0 Å². The van der Waals surface area contributed by atoms with Crippen LogP contribution in [-0.2, 0) is 0 Å². The van der Waals surface area contributed by atoms with Crippen LogP contribution in [0.5, 0.6) is 0 Å². The molecule has 0 aliphatic heterocycles. The molecule has 0 aliphatic carbocycles. The van der Waals surface area contributed by atoms with E-state index >= 15 is 0 Å².